The van der Waals surface area contributed by atoms with E-state index in [0.29, 0.717) is 25.3 Å². The number of likely N-dealkylation sites (tertiary alicyclic amines) is 1. The summed E-state index contributed by atoms with van der Waals surface area (Å²) in [5, 5.41) is 0. The highest BCUT2D eigenvalue weighted by Crippen LogP contribution is 2.21. The van der Waals surface area contributed by atoms with Crippen molar-refractivity contribution >= 4 is 11.7 Å². The summed E-state index contributed by atoms with van der Waals surface area (Å²) in [4.78, 5) is 25.7. The van der Waals surface area contributed by atoms with Crippen molar-refractivity contribution in [2.24, 2.45) is 5.92 Å². The van der Waals surface area contributed by atoms with E-state index >= 15 is 0 Å². The monoisotopic (exact) mass is 303 g/mol. The van der Waals surface area contributed by atoms with Crippen LogP contribution in [0.5, 0.6) is 5.75 Å². The zero-order valence-corrected chi connectivity index (χ0v) is 13.7. The molecule has 1 aliphatic heterocycles. The minimum Gasteiger partial charge on any atom is -0.484 e. The summed E-state index contributed by atoms with van der Waals surface area (Å²) < 4.78 is 5.64. The molecule has 1 amide bonds. The van der Waals surface area contributed by atoms with Crippen LogP contribution in [0.2, 0.25) is 0 Å². The highest BCUT2D eigenvalue weighted by molar-refractivity contribution is 5.82. The van der Waals surface area contributed by atoms with Crippen LogP contribution >= 0.6 is 0 Å². The second-order valence-corrected chi connectivity index (χ2v) is 6.03. The molecule has 1 aromatic carbocycles. The lowest BCUT2D eigenvalue weighted by Gasteiger charge is -2.31. The van der Waals surface area contributed by atoms with Gasteiger partial charge in [-0.25, -0.2) is 0 Å². The lowest BCUT2D eigenvalue weighted by molar-refractivity contribution is -0.136. The molecule has 0 spiro atoms. The molecule has 1 aromatic rings. The zero-order chi connectivity index (χ0) is 16.1. The standard InChI is InChI=1S/C18H25NO3/c1-4-16(20)15-7-9-19(10-8-15)18(21)12-22-17-6-5-13(2)11-14(17)3/h5-6,11,15H,4,7-10,12H2,1-3H3. The first-order chi connectivity index (χ1) is 10.5. The third-order valence-corrected chi connectivity index (χ3v) is 4.33. The molecular formula is C18H25NO3. The van der Waals surface area contributed by atoms with Gasteiger partial charge >= 0.3 is 0 Å². The summed E-state index contributed by atoms with van der Waals surface area (Å²) >= 11 is 0. The summed E-state index contributed by atoms with van der Waals surface area (Å²) in [7, 11) is 0. The number of piperidine rings is 1. The Morgan fingerprint density at radius 3 is 2.50 bits per heavy atom. The van der Waals surface area contributed by atoms with Crippen molar-refractivity contribution in [1.29, 1.82) is 0 Å². The van der Waals surface area contributed by atoms with E-state index in [-0.39, 0.29) is 18.4 Å². The number of aryl methyl sites for hydroxylation is 2. The van der Waals surface area contributed by atoms with Gasteiger partial charge in [0, 0.05) is 25.4 Å². The topological polar surface area (TPSA) is 46.6 Å². The fourth-order valence-electron chi connectivity index (χ4n) is 2.93. The van der Waals surface area contributed by atoms with Crippen LogP contribution in [0, 0.1) is 19.8 Å². The van der Waals surface area contributed by atoms with Crippen molar-refractivity contribution < 1.29 is 14.3 Å². The summed E-state index contributed by atoms with van der Waals surface area (Å²) in [5.41, 5.74) is 2.22. The molecule has 4 heteroatoms. The third kappa shape index (κ3) is 4.09. The van der Waals surface area contributed by atoms with E-state index in [9.17, 15) is 9.59 Å². The minimum atomic E-state index is 0.00220. The molecule has 4 nitrogen and oxygen atoms in total. The van der Waals surface area contributed by atoms with Gasteiger partial charge in [-0.3, -0.25) is 9.59 Å². The van der Waals surface area contributed by atoms with E-state index in [0.717, 1.165) is 24.2 Å². The number of Topliss-reactive ketones (excluding diaryl/α,β-unsaturated/α-hetero) is 1. The van der Waals surface area contributed by atoms with E-state index < -0.39 is 0 Å². The number of carbonyl (C=O) groups is 2. The number of hydrogen-bond acceptors (Lipinski definition) is 3. The van der Waals surface area contributed by atoms with Gasteiger partial charge in [-0.2, -0.15) is 0 Å². The first-order valence-electron chi connectivity index (χ1n) is 8.01. The molecule has 1 heterocycles. The first-order valence-corrected chi connectivity index (χ1v) is 8.01. The summed E-state index contributed by atoms with van der Waals surface area (Å²) in [6.45, 7) is 7.29. The molecule has 0 saturated carbocycles. The van der Waals surface area contributed by atoms with Gasteiger partial charge in [-0.05, 0) is 38.3 Å². The molecule has 1 aliphatic rings. The smallest absolute Gasteiger partial charge is 0.260 e. The van der Waals surface area contributed by atoms with Crippen LogP contribution in [0.4, 0.5) is 0 Å². The van der Waals surface area contributed by atoms with Crippen LogP contribution in [0.3, 0.4) is 0 Å². The number of hydrogen-bond donors (Lipinski definition) is 0. The molecule has 0 atom stereocenters. The summed E-state index contributed by atoms with van der Waals surface area (Å²) in [6.07, 6.45) is 2.15. The highest BCUT2D eigenvalue weighted by atomic mass is 16.5. The lowest BCUT2D eigenvalue weighted by atomic mass is 9.91. The molecule has 120 valence electrons. The maximum Gasteiger partial charge on any atom is 0.260 e. The maximum atomic E-state index is 12.2. The summed E-state index contributed by atoms with van der Waals surface area (Å²) in [5.74, 6) is 1.21. The fourth-order valence-corrected chi connectivity index (χ4v) is 2.93. The predicted molar refractivity (Wildman–Crippen MR) is 86.0 cm³/mol. The largest absolute Gasteiger partial charge is 0.484 e. The molecule has 0 aliphatic carbocycles. The van der Waals surface area contributed by atoms with E-state index in [2.05, 4.69) is 0 Å². The highest BCUT2D eigenvalue weighted by Gasteiger charge is 2.26. The summed E-state index contributed by atoms with van der Waals surface area (Å²) in [6, 6.07) is 5.93. The van der Waals surface area contributed by atoms with Crippen LogP contribution in [-0.2, 0) is 9.59 Å². The quantitative estimate of drug-likeness (QED) is 0.840. The van der Waals surface area contributed by atoms with Crippen LogP contribution in [-0.4, -0.2) is 36.3 Å². The number of amides is 1. The van der Waals surface area contributed by atoms with Gasteiger partial charge in [0.25, 0.3) is 5.91 Å². The number of benzene rings is 1. The van der Waals surface area contributed by atoms with E-state index in [4.69, 9.17) is 4.74 Å². The van der Waals surface area contributed by atoms with E-state index in [1.54, 1.807) is 0 Å². The molecule has 1 fully saturated rings. The Morgan fingerprint density at radius 2 is 1.91 bits per heavy atom. The Hall–Kier alpha value is -1.84. The van der Waals surface area contributed by atoms with Gasteiger partial charge in [0.2, 0.25) is 0 Å². The van der Waals surface area contributed by atoms with Crippen molar-refractivity contribution in [2.45, 2.75) is 40.0 Å². The van der Waals surface area contributed by atoms with Crippen molar-refractivity contribution in [2.75, 3.05) is 19.7 Å². The van der Waals surface area contributed by atoms with Crippen LogP contribution < -0.4 is 4.74 Å². The molecule has 22 heavy (non-hydrogen) atoms. The second-order valence-electron chi connectivity index (χ2n) is 6.03. The number of nitrogens with zero attached hydrogens (tertiary/aromatic N) is 1. The van der Waals surface area contributed by atoms with Gasteiger partial charge in [0.15, 0.2) is 6.61 Å². The van der Waals surface area contributed by atoms with E-state index in [1.807, 2.05) is 43.9 Å². The normalized spacial score (nSPS) is 15.7. The minimum absolute atomic E-state index is 0.00220. The third-order valence-electron chi connectivity index (χ3n) is 4.33. The van der Waals surface area contributed by atoms with Gasteiger partial charge in [0.1, 0.15) is 11.5 Å². The van der Waals surface area contributed by atoms with Gasteiger partial charge in [-0.15, -0.1) is 0 Å². The molecular weight excluding hydrogens is 278 g/mol. The van der Waals surface area contributed by atoms with Crippen molar-refractivity contribution in [3.05, 3.63) is 29.3 Å². The van der Waals surface area contributed by atoms with E-state index in [1.165, 1.54) is 5.56 Å². The molecule has 1 saturated heterocycles. The Morgan fingerprint density at radius 1 is 1.23 bits per heavy atom. The Balaban J connectivity index is 1.82. The van der Waals surface area contributed by atoms with Crippen molar-refractivity contribution in [3.63, 3.8) is 0 Å². The SMILES string of the molecule is CCC(=O)C1CCN(C(=O)COc2ccc(C)cc2C)CC1. The zero-order valence-electron chi connectivity index (χ0n) is 13.7. The van der Waals surface area contributed by atoms with Crippen LogP contribution in [0.15, 0.2) is 18.2 Å². The average Bonchev–Trinajstić information content (AvgIpc) is 2.53. The number of ether oxygens (including phenoxy) is 1. The molecule has 0 N–H and O–H groups in total. The molecule has 0 aromatic heterocycles. The second kappa shape index (κ2) is 7.43. The van der Waals surface area contributed by atoms with Gasteiger partial charge in [0.05, 0.1) is 0 Å². The molecule has 0 bridgehead atoms. The van der Waals surface area contributed by atoms with Gasteiger partial charge < -0.3 is 9.64 Å². The Bertz CT molecular complexity index is 545. The molecule has 0 radical (unpaired) electrons. The number of carbonyl (C=O) groups excluding carboxylic acids is 2. The lowest BCUT2D eigenvalue weighted by Crippen LogP contribution is -2.42. The molecule has 0 unspecified atom stereocenters. The van der Waals surface area contributed by atoms with Crippen molar-refractivity contribution in [1.82, 2.24) is 4.90 Å². The Labute approximate surface area is 132 Å². The number of ketones is 1. The van der Waals surface area contributed by atoms with Gasteiger partial charge in [-0.1, -0.05) is 24.6 Å². The van der Waals surface area contributed by atoms with Crippen LogP contribution in [0.25, 0.3) is 0 Å². The first kappa shape index (κ1) is 16.5. The average molecular weight is 303 g/mol. The van der Waals surface area contributed by atoms with Crippen LogP contribution in [0.1, 0.15) is 37.3 Å². The maximum absolute atomic E-state index is 12.2. The molecule has 2 rings (SSSR count). The van der Waals surface area contributed by atoms with Crippen molar-refractivity contribution in [3.8, 4) is 5.75 Å². The Kier molecular flexibility index (Phi) is 5.58. The predicted octanol–water partition coefficient (Wildman–Crippen LogP) is 2.90. The number of rotatable bonds is 5. The fraction of sp³-hybridized carbons (Fsp3) is 0.556.